The van der Waals surface area contributed by atoms with Crippen LogP contribution >= 0.6 is 7.67 Å². The molecule has 0 fully saturated rings. The van der Waals surface area contributed by atoms with Crippen LogP contribution in [-0.4, -0.2) is 15.0 Å². The Morgan fingerprint density at radius 2 is 1.45 bits per heavy atom. The summed E-state index contributed by atoms with van der Waals surface area (Å²) in [6.07, 6.45) is 1.45. The van der Waals surface area contributed by atoms with Crippen molar-refractivity contribution in [2.75, 3.05) is 15.8 Å². The molecule has 1 aliphatic rings. The first kappa shape index (κ1) is 24.4. The Balaban J connectivity index is 1.77. The molecule has 5 aromatic rings. The largest absolute Gasteiger partial charge is 0.408 e. The van der Waals surface area contributed by atoms with Crippen LogP contribution in [0.2, 0.25) is 0 Å². The van der Waals surface area contributed by atoms with Gasteiger partial charge in [0.2, 0.25) is 0 Å². The number of nitrogens with one attached hydrogen (secondary N) is 1. The monoisotopic (exact) mass is 540 g/mol. The number of benzene rings is 5. The lowest BCUT2D eigenvalue weighted by molar-refractivity contribution is 0.357. The van der Waals surface area contributed by atoms with Gasteiger partial charge in [-0.25, -0.2) is 13.0 Å². The Morgan fingerprint density at radius 3 is 2.11 bits per heavy atom. The molecule has 6 rings (SSSR count). The van der Waals surface area contributed by atoms with Crippen LogP contribution in [0.5, 0.6) is 0 Å². The van der Waals surface area contributed by atoms with Crippen LogP contribution in [0.4, 0.5) is 11.4 Å². The fraction of sp³-hybridized carbons (Fsp3) is 0.0667. The summed E-state index contributed by atoms with van der Waals surface area (Å²) < 4.78 is 50.3. The first-order valence-electron chi connectivity index (χ1n) is 12.1. The average Bonchev–Trinajstić information content (AvgIpc) is 3.04. The van der Waals surface area contributed by atoms with Gasteiger partial charge in [0.05, 0.1) is 22.9 Å². The number of nitrogens with zero attached hydrogens (tertiary/aromatic N) is 1. The van der Waals surface area contributed by atoms with E-state index in [1.165, 1.54) is 18.2 Å². The molecule has 190 valence electrons. The SMILES string of the molecule is C=CCOP1(=O)Nc2ccc3ccccc3c2-c2c(ccc3ccccc23)N1S(=O)(=O)c1ccc(C)cc1. The molecule has 0 amide bonds. The van der Waals surface area contributed by atoms with Gasteiger partial charge in [-0.05, 0) is 52.7 Å². The van der Waals surface area contributed by atoms with E-state index in [1.807, 2.05) is 73.7 Å². The molecule has 8 heteroatoms. The van der Waals surface area contributed by atoms with Crippen LogP contribution in [0.3, 0.4) is 0 Å². The van der Waals surface area contributed by atoms with Gasteiger partial charge >= 0.3 is 7.67 Å². The van der Waals surface area contributed by atoms with Crippen molar-refractivity contribution in [3.05, 3.63) is 115 Å². The molecule has 38 heavy (non-hydrogen) atoms. The van der Waals surface area contributed by atoms with E-state index in [9.17, 15) is 13.0 Å². The molecule has 1 aliphatic heterocycles. The zero-order valence-corrected chi connectivity index (χ0v) is 22.4. The fourth-order valence-electron chi connectivity index (χ4n) is 4.98. The third kappa shape index (κ3) is 3.82. The summed E-state index contributed by atoms with van der Waals surface area (Å²) in [5.41, 5.74) is 3.14. The van der Waals surface area contributed by atoms with Gasteiger partial charge < -0.3 is 0 Å². The molecule has 0 aliphatic carbocycles. The zero-order chi connectivity index (χ0) is 26.5. The minimum absolute atomic E-state index is 0.0160. The van der Waals surface area contributed by atoms with Gasteiger partial charge in [0.15, 0.2) is 0 Å². The minimum atomic E-state index is -4.34. The van der Waals surface area contributed by atoms with Crippen molar-refractivity contribution in [2.45, 2.75) is 11.8 Å². The molecular formula is C30H25N2O4PS. The molecular weight excluding hydrogens is 515 g/mol. The number of hydrogen-bond acceptors (Lipinski definition) is 4. The van der Waals surface area contributed by atoms with Gasteiger partial charge in [0.1, 0.15) is 0 Å². The summed E-state index contributed by atoms with van der Waals surface area (Å²) in [5, 5.41) is 6.69. The van der Waals surface area contributed by atoms with E-state index in [0.717, 1.165) is 36.7 Å². The van der Waals surface area contributed by atoms with E-state index >= 15 is 0 Å². The molecule has 0 radical (unpaired) electrons. The third-order valence-corrected chi connectivity index (χ3v) is 11.2. The number of sulfonamides is 1. The highest BCUT2D eigenvalue weighted by Gasteiger charge is 2.46. The molecule has 0 bridgehead atoms. The lowest BCUT2D eigenvalue weighted by atomic mass is 9.91. The molecule has 0 spiro atoms. The highest BCUT2D eigenvalue weighted by Crippen LogP contribution is 2.62. The Hall–Kier alpha value is -3.90. The highest BCUT2D eigenvalue weighted by atomic mass is 32.2. The van der Waals surface area contributed by atoms with Crippen LogP contribution < -0.4 is 9.16 Å². The van der Waals surface area contributed by atoms with Crippen LogP contribution in [-0.2, 0) is 19.1 Å². The van der Waals surface area contributed by atoms with Gasteiger partial charge in [-0.2, -0.15) is 4.08 Å². The smallest absolute Gasteiger partial charge is 0.297 e. The van der Waals surface area contributed by atoms with Crippen molar-refractivity contribution in [1.29, 1.82) is 0 Å². The van der Waals surface area contributed by atoms with Crippen LogP contribution in [0.15, 0.2) is 115 Å². The molecule has 0 saturated heterocycles. The summed E-state index contributed by atoms with van der Waals surface area (Å²) in [4.78, 5) is 0.0160. The maximum Gasteiger partial charge on any atom is 0.408 e. The van der Waals surface area contributed by atoms with Crippen molar-refractivity contribution in [2.24, 2.45) is 0 Å². The lowest BCUT2D eigenvalue weighted by Crippen LogP contribution is -2.31. The second kappa shape index (κ2) is 9.14. The summed E-state index contributed by atoms with van der Waals surface area (Å²) >= 11 is 0. The molecule has 5 aromatic carbocycles. The van der Waals surface area contributed by atoms with E-state index < -0.39 is 17.7 Å². The Labute approximate surface area is 221 Å². The molecule has 1 N–H and O–H groups in total. The highest BCUT2D eigenvalue weighted by molar-refractivity contribution is 8.00. The van der Waals surface area contributed by atoms with Crippen molar-refractivity contribution in [1.82, 2.24) is 0 Å². The molecule has 0 aromatic heterocycles. The maximum absolute atomic E-state index is 14.8. The first-order valence-corrected chi connectivity index (χ1v) is 15.2. The minimum Gasteiger partial charge on any atom is -0.297 e. The molecule has 1 unspecified atom stereocenters. The topological polar surface area (TPSA) is 75.7 Å². The fourth-order valence-corrected chi connectivity index (χ4v) is 9.25. The zero-order valence-electron chi connectivity index (χ0n) is 20.7. The van der Waals surface area contributed by atoms with Gasteiger partial charge in [0, 0.05) is 11.1 Å². The van der Waals surface area contributed by atoms with E-state index in [2.05, 4.69) is 11.7 Å². The number of hydrogen-bond donors (Lipinski definition) is 1. The predicted octanol–water partition coefficient (Wildman–Crippen LogP) is 7.90. The van der Waals surface area contributed by atoms with Crippen molar-refractivity contribution >= 4 is 50.6 Å². The summed E-state index contributed by atoms with van der Waals surface area (Å²) in [7, 11) is -8.62. The van der Waals surface area contributed by atoms with E-state index in [0.29, 0.717) is 11.3 Å². The second-order valence-corrected chi connectivity index (χ2v) is 13.1. The van der Waals surface area contributed by atoms with Gasteiger partial charge in [-0.3, -0.25) is 9.61 Å². The van der Waals surface area contributed by atoms with Crippen molar-refractivity contribution < 1.29 is 17.5 Å². The van der Waals surface area contributed by atoms with Crippen molar-refractivity contribution in [3.63, 3.8) is 0 Å². The molecule has 6 nitrogen and oxygen atoms in total. The van der Waals surface area contributed by atoms with Crippen LogP contribution in [0.25, 0.3) is 32.7 Å². The molecule has 1 atom stereocenters. The Bertz CT molecular complexity index is 1880. The Kier molecular flexibility index (Phi) is 5.88. The van der Waals surface area contributed by atoms with E-state index in [-0.39, 0.29) is 17.2 Å². The first-order chi connectivity index (χ1) is 18.3. The number of rotatable bonds is 5. The molecule has 1 heterocycles. The van der Waals surface area contributed by atoms with Crippen LogP contribution in [0, 0.1) is 6.92 Å². The average molecular weight is 541 g/mol. The van der Waals surface area contributed by atoms with Gasteiger partial charge in [-0.15, -0.1) is 6.58 Å². The van der Waals surface area contributed by atoms with Gasteiger partial charge in [-0.1, -0.05) is 84.4 Å². The molecule has 0 saturated carbocycles. The van der Waals surface area contributed by atoms with Gasteiger partial charge in [0.25, 0.3) is 10.0 Å². The maximum atomic E-state index is 14.8. The summed E-state index contributed by atoms with van der Waals surface area (Å²) in [5.74, 6) is 0. The normalized spacial score (nSPS) is 16.9. The summed E-state index contributed by atoms with van der Waals surface area (Å²) in [6.45, 7) is 5.45. The lowest BCUT2D eigenvalue weighted by Gasteiger charge is -2.31. The Morgan fingerprint density at radius 1 is 0.842 bits per heavy atom. The van der Waals surface area contributed by atoms with E-state index in [4.69, 9.17) is 4.52 Å². The van der Waals surface area contributed by atoms with Crippen LogP contribution in [0.1, 0.15) is 5.56 Å². The quantitative estimate of drug-likeness (QED) is 0.181. The third-order valence-electron chi connectivity index (χ3n) is 6.71. The van der Waals surface area contributed by atoms with Crippen molar-refractivity contribution in [3.8, 4) is 11.1 Å². The number of aryl methyl sites for hydroxylation is 1. The van der Waals surface area contributed by atoms with E-state index in [1.54, 1.807) is 18.2 Å². The predicted molar refractivity (Wildman–Crippen MR) is 155 cm³/mol. The number of fused-ring (bicyclic) bond motifs is 7. The summed E-state index contributed by atoms with van der Waals surface area (Å²) in [6, 6.07) is 29.5. The standard InChI is InChI=1S/C30H25N2O4PS/c1-3-20-36-37(33)31-27-18-14-22-8-4-6-10-25(22)29(27)30-26-11-7-5-9-23(26)15-19-28(30)32(37)38(34,35)24-16-12-21(2)13-17-24/h3-19H,1,20H2,2H3,(H,31,33). The number of anilines is 2. The second-order valence-electron chi connectivity index (χ2n) is 9.17.